The van der Waals surface area contributed by atoms with E-state index < -0.39 is 0 Å². The lowest BCUT2D eigenvalue weighted by Crippen LogP contribution is -2.37. The third-order valence-electron chi connectivity index (χ3n) is 5.13. The minimum absolute atomic E-state index is 0.0590. The Morgan fingerprint density at radius 3 is 2.79 bits per heavy atom. The molecule has 1 N–H and O–H groups in total. The van der Waals surface area contributed by atoms with Gasteiger partial charge in [0.15, 0.2) is 0 Å². The van der Waals surface area contributed by atoms with Crippen molar-refractivity contribution in [3.05, 3.63) is 53.1 Å². The van der Waals surface area contributed by atoms with Gasteiger partial charge in [-0.25, -0.2) is 4.98 Å². The van der Waals surface area contributed by atoms with Crippen LogP contribution in [0.2, 0.25) is 5.02 Å². The fourth-order valence-corrected chi connectivity index (χ4v) is 3.79. The SMILES string of the molecule is Cc1cncc(C(=O)NC2CCCCCCN(c3cccc(Cl)c3)C(=O)CC2)n1. The number of aryl methyl sites for hydroxylation is 1. The van der Waals surface area contributed by atoms with Gasteiger partial charge in [0.05, 0.1) is 11.9 Å². The lowest BCUT2D eigenvalue weighted by Gasteiger charge is -2.24. The highest BCUT2D eigenvalue weighted by Crippen LogP contribution is 2.23. The van der Waals surface area contributed by atoms with Gasteiger partial charge < -0.3 is 10.2 Å². The van der Waals surface area contributed by atoms with Gasteiger partial charge in [-0.1, -0.05) is 36.9 Å². The number of anilines is 1. The van der Waals surface area contributed by atoms with Crippen molar-refractivity contribution in [2.75, 3.05) is 11.4 Å². The van der Waals surface area contributed by atoms with Crippen LogP contribution in [0, 0.1) is 6.92 Å². The Morgan fingerprint density at radius 1 is 1.17 bits per heavy atom. The van der Waals surface area contributed by atoms with E-state index >= 15 is 0 Å². The first kappa shape index (κ1) is 21.2. The summed E-state index contributed by atoms with van der Waals surface area (Å²) in [6.45, 7) is 2.49. The molecule has 6 nitrogen and oxygen atoms in total. The fraction of sp³-hybridized carbons (Fsp3) is 0.455. The number of benzene rings is 1. The number of hydrogen-bond acceptors (Lipinski definition) is 4. The molecule has 0 spiro atoms. The van der Waals surface area contributed by atoms with Crippen LogP contribution in [0.4, 0.5) is 5.69 Å². The number of carbonyl (C=O) groups is 2. The molecule has 7 heteroatoms. The second-order valence-electron chi connectivity index (χ2n) is 7.48. The molecular formula is C22H27ClN4O2. The van der Waals surface area contributed by atoms with Crippen LogP contribution in [-0.2, 0) is 4.79 Å². The smallest absolute Gasteiger partial charge is 0.271 e. The minimum atomic E-state index is -0.236. The first-order valence-corrected chi connectivity index (χ1v) is 10.6. The van der Waals surface area contributed by atoms with Crippen molar-refractivity contribution < 1.29 is 9.59 Å². The Bertz CT molecular complexity index is 858. The molecule has 1 aromatic heterocycles. The molecule has 0 aliphatic carbocycles. The van der Waals surface area contributed by atoms with E-state index in [0.29, 0.717) is 35.8 Å². The van der Waals surface area contributed by atoms with Gasteiger partial charge in [-0.2, -0.15) is 0 Å². The van der Waals surface area contributed by atoms with Crippen molar-refractivity contribution in [3.63, 3.8) is 0 Å². The lowest BCUT2D eigenvalue weighted by molar-refractivity contribution is -0.118. The third kappa shape index (κ3) is 6.26. The van der Waals surface area contributed by atoms with Gasteiger partial charge in [0.2, 0.25) is 5.91 Å². The third-order valence-corrected chi connectivity index (χ3v) is 5.37. The van der Waals surface area contributed by atoms with Crippen LogP contribution in [0.3, 0.4) is 0 Å². The zero-order valence-corrected chi connectivity index (χ0v) is 17.5. The largest absolute Gasteiger partial charge is 0.348 e. The molecular weight excluding hydrogens is 388 g/mol. The molecule has 2 aromatic rings. The Morgan fingerprint density at radius 2 is 2.00 bits per heavy atom. The average Bonchev–Trinajstić information content (AvgIpc) is 2.74. The number of rotatable bonds is 3. The van der Waals surface area contributed by atoms with Crippen molar-refractivity contribution in [1.29, 1.82) is 0 Å². The maximum Gasteiger partial charge on any atom is 0.271 e. The Kier molecular flexibility index (Phi) is 7.58. The van der Waals surface area contributed by atoms with E-state index in [4.69, 9.17) is 11.6 Å². The van der Waals surface area contributed by atoms with Crippen LogP contribution in [0.25, 0.3) is 0 Å². The lowest BCUT2D eigenvalue weighted by atomic mass is 10.0. The molecule has 0 saturated carbocycles. The van der Waals surface area contributed by atoms with Gasteiger partial charge in [-0.15, -0.1) is 0 Å². The van der Waals surface area contributed by atoms with Crippen LogP contribution in [0.1, 0.15) is 61.1 Å². The van der Waals surface area contributed by atoms with Gasteiger partial charge in [0, 0.05) is 35.9 Å². The normalized spacial score (nSPS) is 18.8. The maximum atomic E-state index is 12.9. The molecule has 3 rings (SSSR count). The van der Waals surface area contributed by atoms with E-state index in [2.05, 4.69) is 15.3 Å². The Hall–Kier alpha value is -2.47. The van der Waals surface area contributed by atoms with Crippen LogP contribution in [0.5, 0.6) is 0 Å². The summed E-state index contributed by atoms with van der Waals surface area (Å²) in [5.74, 6) is -0.177. The van der Waals surface area contributed by atoms with Crippen LogP contribution in [-0.4, -0.2) is 34.4 Å². The molecule has 0 bridgehead atoms. The molecule has 29 heavy (non-hydrogen) atoms. The van der Waals surface area contributed by atoms with Gasteiger partial charge in [-0.05, 0) is 44.4 Å². The quantitative estimate of drug-likeness (QED) is 0.811. The van der Waals surface area contributed by atoms with E-state index in [1.807, 2.05) is 29.2 Å². The molecule has 154 valence electrons. The first-order valence-electron chi connectivity index (χ1n) is 10.2. The number of halogens is 1. The van der Waals surface area contributed by atoms with Gasteiger partial charge >= 0.3 is 0 Å². The van der Waals surface area contributed by atoms with Gasteiger partial charge in [0.1, 0.15) is 5.69 Å². The molecule has 1 aliphatic heterocycles. The second kappa shape index (κ2) is 10.3. The summed E-state index contributed by atoms with van der Waals surface area (Å²) in [6, 6.07) is 7.35. The van der Waals surface area contributed by atoms with Crippen LogP contribution < -0.4 is 10.2 Å². The topological polar surface area (TPSA) is 75.2 Å². The average molecular weight is 415 g/mol. The van der Waals surface area contributed by atoms with Crippen molar-refractivity contribution in [3.8, 4) is 0 Å². The van der Waals surface area contributed by atoms with E-state index in [9.17, 15) is 9.59 Å². The van der Waals surface area contributed by atoms with Crippen molar-refractivity contribution in [2.24, 2.45) is 0 Å². The Labute approximate surface area is 176 Å². The van der Waals surface area contributed by atoms with Crippen molar-refractivity contribution >= 4 is 29.1 Å². The molecule has 1 atom stereocenters. The molecule has 0 radical (unpaired) electrons. The monoisotopic (exact) mass is 414 g/mol. The number of aromatic nitrogens is 2. The number of nitrogens with one attached hydrogen (secondary N) is 1. The number of amides is 2. The first-order chi connectivity index (χ1) is 14.0. The zero-order chi connectivity index (χ0) is 20.6. The summed E-state index contributed by atoms with van der Waals surface area (Å²) in [5.41, 5.74) is 1.84. The number of carbonyl (C=O) groups excluding carboxylic acids is 2. The maximum absolute atomic E-state index is 12.9. The summed E-state index contributed by atoms with van der Waals surface area (Å²) < 4.78 is 0. The van der Waals surface area contributed by atoms with E-state index in [0.717, 1.165) is 37.8 Å². The van der Waals surface area contributed by atoms with Gasteiger partial charge in [-0.3, -0.25) is 14.6 Å². The fourth-order valence-electron chi connectivity index (χ4n) is 3.61. The molecule has 1 aliphatic rings. The van der Waals surface area contributed by atoms with E-state index in [1.54, 1.807) is 13.1 Å². The van der Waals surface area contributed by atoms with Crippen molar-refractivity contribution in [2.45, 2.75) is 57.9 Å². The highest BCUT2D eigenvalue weighted by atomic mass is 35.5. The Balaban J connectivity index is 1.68. The summed E-state index contributed by atoms with van der Waals surface area (Å²) in [5, 5.41) is 3.67. The highest BCUT2D eigenvalue weighted by Gasteiger charge is 2.21. The summed E-state index contributed by atoms with van der Waals surface area (Å²) in [7, 11) is 0. The van der Waals surface area contributed by atoms with Crippen LogP contribution in [0.15, 0.2) is 36.7 Å². The zero-order valence-electron chi connectivity index (χ0n) is 16.7. The van der Waals surface area contributed by atoms with Crippen LogP contribution >= 0.6 is 11.6 Å². The number of hydrogen-bond donors (Lipinski definition) is 1. The molecule has 2 heterocycles. The van der Waals surface area contributed by atoms with E-state index in [1.165, 1.54) is 6.20 Å². The molecule has 1 saturated heterocycles. The molecule has 1 aromatic carbocycles. The predicted octanol–water partition coefficient (Wildman–Crippen LogP) is 4.31. The summed E-state index contributed by atoms with van der Waals surface area (Å²) >= 11 is 6.12. The summed E-state index contributed by atoms with van der Waals surface area (Å²) in [4.78, 5) is 35.6. The summed E-state index contributed by atoms with van der Waals surface area (Å²) in [6.07, 6.45) is 9.02. The standard InChI is InChI=1S/C22H27ClN4O2/c1-16-14-24-15-20(25-16)22(29)26-18-8-4-2-3-5-12-27(21(28)11-10-18)19-9-6-7-17(23)13-19/h6-7,9,13-15,18H,2-5,8,10-12H2,1H3,(H,26,29). The molecule has 1 unspecified atom stereocenters. The predicted molar refractivity (Wildman–Crippen MR) is 114 cm³/mol. The second-order valence-corrected chi connectivity index (χ2v) is 7.92. The minimum Gasteiger partial charge on any atom is -0.348 e. The van der Waals surface area contributed by atoms with E-state index in [-0.39, 0.29) is 17.9 Å². The molecule has 2 amide bonds. The van der Waals surface area contributed by atoms with Crippen molar-refractivity contribution in [1.82, 2.24) is 15.3 Å². The van der Waals surface area contributed by atoms with Gasteiger partial charge in [0.25, 0.3) is 5.91 Å². The highest BCUT2D eigenvalue weighted by molar-refractivity contribution is 6.30. The number of nitrogens with zero attached hydrogens (tertiary/aromatic N) is 3. The molecule has 1 fully saturated rings.